The van der Waals surface area contributed by atoms with Gasteiger partial charge < -0.3 is 0 Å². The van der Waals surface area contributed by atoms with E-state index in [2.05, 4.69) is 0 Å². The van der Waals surface area contributed by atoms with Crippen molar-refractivity contribution in [3.8, 4) is 11.1 Å². The van der Waals surface area contributed by atoms with Crippen molar-refractivity contribution in [1.82, 2.24) is 0 Å². The topological polar surface area (TPSA) is 0 Å². The molecule has 0 bridgehead atoms. The number of hydrogen-bond donors (Lipinski definition) is 0. The van der Waals surface area contributed by atoms with Gasteiger partial charge in [0.15, 0.2) is 0 Å². The fraction of sp³-hybridized carbons (Fsp3) is 0.143. The van der Waals surface area contributed by atoms with Crippen molar-refractivity contribution >= 4 is 19.4 Å². The first-order chi connectivity index (χ1) is 9.29. The van der Waals surface area contributed by atoms with Crippen LogP contribution in [0.4, 0.5) is 22.0 Å². The predicted octanol–water partition coefficient (Wildman–Crippen LogP) is 3.84. The van der Waals surface area contributed by atoms with Crippen molar-refractivity contribution in [2.75, 3.05) is 0 Å². The maximum atomic E-state index is 12.9. The average molecular weight is 351 g/mol. The zero-order chi connectivity index (χ0) is 14.8. The van der Waals surface area contributed by atoms with Gasteiger partial charge in [0.2, 0.25) is 0 Å². The van der Waals surface area contributed by atoms with Gasteiger partial charge in [-0.3, -0.25) is 0 Å². The molecule has 0 aromatic heterocycles. The van der Waals surface area contributed by atoms with Gasteiger partial charge in [-0.25, -0.2) is 0 Å². The zero-order valence-electron chi connectivity index (χ0n) is 9.99. The summed E-state index contributed by atoms with van der Waals surface area (Å²) in [5.41, 5.74) is 1.66. The Balaban J connectivity index is 2.18. The molecule has 0 amide bonds. The molecule has 0 heterocycles. The summed E-state index contributed by atoms with van der Waals surface area (Å²) < 4.78 is 62.3. The molecule has 0 aliphatic heterocycles. The summed E-state index contributed by atoms with van der Waals surface area (Å²) in [5.74, 6) is 0. The standard InChI is InChI=1S/C14H9F5Se/c15-13(16,17)14(18,19)20-12-8-6-11(7-9-12)10-4-2-1-3-5-10/h1-9H. The molecular weight excluding hydrogens is 342 g/mol. The summed E-state index contributed by atoms with van der Waals surface area (Å²) in [6.45, 7) is 0. The Morgan fingerprint density at radius 2 is 1.15 bits per heavy atom. The van der Waals surface area contributed by atoms with Crippen LogP contribution < -0.4 is 4.46 Å². The van der Waals surface area contributed by atoms with Crippen molar-refractivity contribution < 1.29 is 22.0 Å². The molecule has 0 nitrogen and oxygen atoms in total. The molecule has 0 saturated carbocycles. The Kier molecular flexibility index (Phi) is 4.16. The fourth-order valence-electron chi connectivity index (χ4n) is 1.55. The second-order valence-corrected chi connectivity index (χ2v) is 6.50. The molecule has 0 atom stereocenters. The van der Waals surface area contributed by atoms with E-state index in [0.29, 0.717) is 0 Å². The van der Waals surface area contributed by atoms with Crippen molar-refractivity contribution in [1.29, 1.82) is 0 Å². The van der Waals surface area contributed by atoms with E-state index in [1.807, 2.05) is 30.3 Å². The van der Waals surface area contributed by atoms with Crippen LogP contribution >= 0.6 is 0 Å². The van der Waals surface area contributed by atoms with Crippen LogP contribution in [0.5, 0.6) is 0 Å². The number of hydrogen-bond acceptors (Lipinski definition) is 0. The quantitative estimate of drug-likeness (QED) is 0.582. The van der Waals surface area contributed by atoms with Crippen LogP contribution in [0.2, 0.25) is 0 Å². The molecule has 0 aliphatic carbocycles. The van der Waals surface area contributed by atoms with Gasteiger partial charge in [0.1, 0.15) is 0 Å². The Labute approximate surface area is 118 Å². The van der Waals surface area contributed by atoms with Gasteiger partial charge in [-0.05, 0) is 0 Å². The van der Waals surface area contributed by atoms with Gasteiger partial charge in [-0.2, -0.15) is 0 Å². The molecule has 0 aliphatic rings. The molecule has 2 aromatic carbocycles. The third kappa shape index (κ3) is 3.38. The van der Waals surface area contributed by atoms with Crippen molar-refractivity contribution in [3.63, 3.8) is 0 Å². The van der Waals surface area contributed by atoms with Crippen LogP contribution in [0.1, 0.15) is 0 Å². The summed E-state index contributed by atoms with van der Waals surface area (Å²) in [6, 6.07) is 14.9. The molecule has 0 spiro atoms. The van der Waals surface area contributed by atoms with Crippen LogP contribution in [0.25, 0.3) is 11.1 Å². The summed E-state index contributed by atoms with van der Waals surface area (Å²) in [4.78, 5) is -4.64. The third-order valence-corrected chi connectivity index (χ3v) is 4.63. The van der Waals surface area contributed by atoms with Crippen molar-refractivity contribution in [2.45, 2.75) is 11.0 Å². The van der Waals surface area contributed by atoms with Crippen LogP contribution in [-0.4, -0.2) is 26.0 Å². The normalized spacial score (nSPS) is 12.4. The molecular formula is C14H9F5Se. The second kappa shape index (κ2) is 5.54. The molecule has 20 heavy (non-hydrogen) atoms. The van der Waals surface area contributed by atoms with Gasteiger partial charge >= 0.3 is 118 Å². The predicted molar refractivity (Wildman–Crippen MR) is 68.3 cm³/mol. The maximum absolute atomic E-state index is 12.9. The first kappa shape index (κ1) is 15.0. The molecule has 0 radical (unpaired) electrons. The van der Waals surface area contributed by atoms with E-state index < -0.39 is 26.0 Å². The summed E-state index contributed by atoms with van der Waals surface area (Å²) in [6.07, 6.45) is -5.49. The van der Waals surface area contributed by atoms with E-state index in [1.54, 1.807) is 12.1 Å². The van der Waals surface area contributed by atoms with E-state index in [1.165, 1.54) is 12.1 Å². The van der Waals surface area contributed by atoms with Crippen LogP contribution in [-0.2, 0) is 0 Å². The van der Waals surface area contributed by atoms with Crippen LogP contribution in [0, 0.1) is 0 Å². The SMILES string of the molecule is FC(F)(F)C(F)(F)[Se]c1ccc(-c2ccccc2)cc1. The number of benzene rings is 2. The minimum absolute atomic E-state index is 0.0134. The second-order valence-electron chi connectivity index (χ2n) is 4.01. The first-order valence-electron chi connectivity index (χ1n) is 5.59. The van der Waals surface area contributed by atoms with E-state index in [0.717, 1.165) is 11.1 Å². The van der Waals surface area contributed by atoms with Gasteiger partial charge in [0.05, 0.1) is 0 Å². The molecule has 2 rings (SSSR count). The number of halogens is 5. The Morgan fingerprint density at radius 1 is 0.650 bits per heavy atom. The molecule has 0 N–H and O–H groups in total. The average Bonchev–Trinajstić information content (AvgIpc) is 2.39. The van der Waals surface area contributed by atoms with Crippen molar-refractivity contribution in [2.24, 2.45) is 0 Å². The van der Waals surface area contributed by atoms with E-state index in [-0.39, 0.29) is 4.46 Å². The van der Waals surface area contributed by atoms with Crippen LogP contribution in [0.3, 0.4) is 0 Å². The molecule has 6 heteroatoms. The zero-order valence-corrected chi connectivity index (χ0v) is 11.7. The molecule has 2 aromatic rings. The Hall–Kier alpha value is -1.39. The van der Waals surface area contributed by atoms with E-state index in [9.17, 15) is 22.0 Å². The summed E-state index contributed by atoms with van der Waals surface area (Å²) in [7, 11) is 0. The number of rotatable bonds is 3. The molecule has 106 valence electrons. The van der Waals surface area contributed by atoms with Gasteiger partial charge in [-0.15, -0.1) is 0 Å². The number of alkyl halides is 5. The first-order valence-corrected chi connectivity index (χ1v) is 7.30. The van der Waals surface area contributed by atoms with Crippen molar-refractivity contribution in [3.05, 3.63) is 54.6 Å². The van der Waals surface area contributed by atoms with Gasteiger partial charge in [0.25, 0.3) is 0 Å². The third-order valence-electron chi connectivity index (χ3n) is 2.54. The monoisotopic (exact) mass is 352 g/mol. The van der Waals surface area contributed by atoms with Crippen LogP contribution in [0.15, 0.2) is 54.6 Å². The van der Waals surface area contributed by atoms with Gasteiger partial charge in [-0.1, -0.05) is 0 Å². The summed E-state index contributed by atoms with van der Waals surface area (Å²) in [5, 5.41) is 0. The van der Waals surface area contributed by atoms with E-state index >= 15 is 0 Å². The Morgan fingerprint density at radius 3 is 1.65 bits per heavy atom. The van der Waals surface area contributed by atoms with Gasteiger partial charge in [0, 0.05) is 0 Å². The summed E-state index contributed by atoms with van der Waals surface area (Å²) >= 11 is -1.97. The van der Waals surface area contributed by atoms with E-state index in [4.69, 9.17) is 0 Å². The Bertz CT molecular complexity index is 560. The molecule has 0 saturated heterocycles. The molecule has 0 fully saturated rings. The fourth-order valence-corrected chi connectivity index (χ4v) is 2.99. The minimum atomic E-state index is -5.49. The molecule has 0 unspecified atom stereocenters.